The zero-order valence-corrected chi connectivity index (χ0v) is 16.1. The minimum atomic E-state index is -4.51. The Morgan fingerprint density at radius 1 is 1.10 bits per heavy atom. The van der Waals surface area contributed by atoms with Crippen molar-refractivity contribution in [1.29, 1.82) is 0 Å². The highest BCUT2D eigenvalue weighted by molar-refractivity contribution is 5.96. The van der Waals surface area contributed by atoms with Crippen LogP contribution in [0.4, 0.5) is 13.2 Å². The summed E-state index contributed by atoms with van der Waals surface area (Å²) < 4.78 is 38.7. The summed E-state index contributed by atoms with van der Waals surface area (Å²) >= 11 is 0. The number of phenolic OH excluding ortho intramolecular Hbond substituents is 1. The Bertz CT molecular complexity index is 1040. The van der Waals surface area contributed by atoms with Crippen molar-refractivity contribution in [3.8, 4) is 17.0 Å². The topological polar surface area (TPSA) is 49.2 Å². The van der Waals surface area contributed by atoms with Crippen LogP contribution in [0.3, 0.4) is 0 Å². The van der Waals surface area contributed by atoms with Gasteiger partial charge in [-0.2, -0.15) is 18.3 Å². The number of aromatic hydroxyl groups is 1. The van der Waals surface area contributed by atoms with E-state index in [9.17, 15) is 18.3 Å². The van der Waals surface area contributed by atoms with Gasteiger partial charge < -0.3 is 10.0 Å². The third-order valence-corrected chi connectivity index (χ3v) is 5.55. The van der Waals surface area contributed by atoms with E-state index in [1.54, 1.807) is 0 Å². The number of fused-ring (bicyclic) bond motifs is 1. The number of alkyl halides is 3. The summed E-state index contributed by atoms with van der Waals surface area (Å²) in [5, 5.41) is 20.7. The number of rotatable bonds is 3. The van der Waals surface area contributed by atoms with Crippen LogP contribution in [-0.2, 0) is 12.6 Å². The van der Waals surface area contributed by atoms with Crippen molar-refractivity contribution in [3.05, 3.63) is 53.7 Å². The zero-order chi connectivity index (χ0) is 20.6. The Morgan fingerprint density at radius 2 is 1.86 bits per heavy atom. The minimum absolute atomic E-state index is 0.241. The molecule has 0 radical (unpaired) electrons. The van der Waals surface area contributed by atoms with Crippen LogP contribution in [0.25, 0.3) is 22.0 Å². The van der Waals surface area contributed by atoms with Crippen LogP contribution in [-0.4, -0.2) is 40.3 Å². The highest BCUT2D eigenvalue weighted by Gasteiger charge is 2.31. The van der Waals surface area contributed by atoms with Crippen molar-refractivity contribution in [2.45, 2.75) is 25.4 Å². The lowest BCUT2D eigenvalue weighted by Gasteiger charge is -2.29. The summed E-state index contributed by atoms with van der Waals surface area (Å²) in [6, 6.07) is 10.5. The van der Waals surface area contributed by atoms with E-state index in [-0.39, 0.29) is 5.56 Å². The third kappa shape index (κ3) is 4.05. The Hall–Kier alpha value is -2.67. The number of halogens is 3. The number of aromatic nitrogens is 2. The van der Waals surface area contributed by atoms with Crippen molar-refractivity contribution in [1.82, 2.24) is 15.1 Å². The molecule has 1 aromatic heterocycles. The fourth-order valence-electron chi connectivity index (χ4n) is 4.13. The van der Waals surface area contributed by atoms with E-state index < -0.39 is 17.5 Å². The molecule has 152 valence electrons. The second kappa shape index (κ2) is 7.63. The van der Waals surface area contributed by atoms with Gasteiger partial charge in [-0.3, -0.25) is 0 Å². The van der Waals surface area contributed by atoms with E-state index in [1.165, 1.54) is 6.07 Å². The van der Waals surface area contributed by atoms with Crippen LogP contribution in [0.2, 0.25) is 0 Å². The zero-order valence-electron chi connectivity index (χ0n) is 16.1. The molecular formula is C22H22F3N3O. The van der Waals surface area contributed by atoms with Gasteiger partial charge in [0.15, 0.2) is 0 Å². The highest BCUT2D eigenvalue weighted by atomic mass is 19.4. The second-order valence-electron chi connectivity index (χ2n) is 7.75. The first-order chi connectivity index (χ1) is 13.8. The van der Waals surface area contributed by atoms with E-state index in [0.29, 0.717) is 11.6 Å². The van der Waals surface area contributed by atoms with Gasteiger partial charge in [0.1, 0.15) is 11.4 Å². The normalized spacial score (nSPS) is 18.3. The van der Waals surface area contributed by atoms with Crippen LogP contribution in [0, 0.1) is 5.92 Å². The molecule has 2 heterocycles. The molecule has 0 unspecified atom stereocenters. The summed E-state index contributed by atoms with van der Waals surface area (Å²) in [6.07, 6.45) is -1.41. The molecule has 1 fully saturated rings. The number of piperidine rings is 1. The van der Waals surface area contributed by atoms with E-state index in [2.05, 4.69) is 22.1 Å². The molecule has 3 aromatic rings. The molecule has 1 aliphatic heterocycles. The molecule has 7 heteroatoms. The predicted molar refractivity (Wildman–Crippen MR) is 106 cm³/mol. The maximum absolute atomic E-state index is 12.9. The smallest absolute Gasteiger partial charge is 0.416 e. The molecule has 0 amide bonds. The van der Waals surface area contributed by atoms with Crippen molar-refractivity contribution in [2.75, 3.05) is 20.1 Å². The van der Waals surface area contributed by atoms with Gasteiger partial charge in [-0.1, -0.05) is 24.3 Å². The number of hydrogen-bond acceptors (Lipinski definition) is 4. The first-order valence-corrected chi connectivity index (χ1v) is 9.66. The molecule has 0 saturated carbocycles. The first-order valence-electron chi connectivity index (χ1n) is 9.66. The molecule has 0 spiro atoms. The average Bonchev–Trinajstić information content (AvgIpc) is 2.68. The van der Waals surface area contributed by atoms with Gasteiger partial charge in [0.2, 0.25) is 0 Å². The largest absolute Gasteiger partial charge is 0.507 e. The molecule has 29 heavy (non-hydrogen) atoms. The summed E-state index contributed by atoms with van der Waals surface area (Å²) in [4.78, 5) is 2.32. The molecule has 4 rings (SSSR count). The quantitative estimate of drug-likeness (QED) is 0.678. The summed E-state index contributed by atoms with van der Waals surface area (Å²) in [6.45, 7) is 2.12. The molecule has 0 aliphatic carbocycles. The molecule has 1 saturated heterocycles. The monoisotopic (exact) mass is 401 g/mol. The van der Waals surface area contributed by atoms with Gasteiger partial charge in [0.05, 0.1) is 11.3 Å². The number of benzene rings is 2. The molecule has 4 nitrogen and oxygen atoms in total. The van der Waals surface area contributed by atoms with Crippen LogP contribution in [0.15, 0.2) is 42.5 Å². The molecule has 1 atom stereocenters. The van der Waals surface area contributed by atoms with E-state index in [1.807, 2.05) is 24.3 Å². The van der Waals surface area contributed by atoms with Crippen molar-refractivity contribution in [3.63, 3.8) is 0 Å². The second-order valence-corrected chi connectivity index (χ2v) is 7.75. The van der Waals surface area contributed by atoms with Crippen molar-refractivity contribution < 1.29 is 18.3 Å². The summed E-state index contributed by atoms with van der Waals surface area (Å²) in [7, 11) is 2.12. The van der Waals surface area contributed by atoms with Crippen LogP contribution in [0.1, 0.15) is 24.1 Å². The van der Waals surface area contributed by atoms with Gasteiger partial charge in [0.25, 0.3) is 0 Å². The standard InChI is InChI=1S/C22H22F3N3O/c1-28-10-4-5-14(13-28)11-19-16-6-2-3-7-17(16)21(27-26-19)18-9-8-15(12-20(18)29)22(23,24)25/h2-3,6-9,12,14,29H,4-5,10-11,13H2,1H3/t14-/m1/s1. The maximum atomic E-state index is 12.9. The molecule has 2 aromatic carbocycles. The van der Waals surface area contributed by atoms with Crippen LogP contribution < -0.4 is 0 Å². The lowest BCUT2D eigenvalue weighted by molar-refractivity contribution is -0.137. The summed E-state index contributed by atoms with van der Waals surface area (Å²) in [5.41, 5.74) is 0.618. The molecule has 1 aliphatic rings. The number of likely N-dealkylation sites (tertiary alicyclic amines) is 1. The fraction of sp³-hybridized carbons (Fsp3) is 0.364. The minimum Gasteiger partial charge on any atom is -0.507 e. The number of phenols is 1. The Morgan fingerprint density at radius 3 is 2.55 bits per heavy atom. The Labute approximate surface area is 167 Å². The van der Waals surface area contributed by atoms with Crippen LogP contribution >= 0.6 is 0 Å². The van der Waals surface area contributed by atoms with E-state index >= 15 is 0 Å². The lowest BCUT2D eigenvalue weighted by atomic mass is 9.91. The first kappa shape index (κ1) is 19.6. The Balaban J connectivity index is 1.74. The summed E-state index contributed by atoms with van der Waals surface area (Å²) in [5.74, 6) is 0.0395. The molecular weight excluding hydrogens is 379 g/mol. The van der Waals surface area contributed by atoms with Crippen molar-refractivity contribution in [2.24, 2.45) is 5.92 Å². The molecule has 1 N–H and O–H groups in total. The van der Waals surface area contributed by atoms with E-state index in [4.69, 9.17) is 0 Å². The van der Waals surface area contributed by atoms with Crippen molar-refractivity contribution >= 4 is 10.8 Å². The fourth-order valence-corrected chi connectivity index (χ4v) is 4.13. The van der Waals surface area contributed by atoms with E-state index in [0.717, 1.165) is 61.0 Å². The van der Waals surface area contributed by atoms with Gasteiger partial charge in [-0.15, -0.1) is 5.10 Å². The lowest BCUT2D eigenvalue weighted by Crippen LogP contribution is -2.33. The van der Waals surface area contributed by atoms with Gasteiger partial charge in [0, 0.05) is 22.9 Å². The van der Waals surface area contributed by atoms with Crippen LogP contribution in [0.5, 0.6) is 5.75 Å². The highest BCUT2D eigenvalue weighted by Crippen LogP contribution is 2.38. The number of nitrogens with zero attached hydrogens (tertiary/aromatic N) is 3. The van der Waals surface area contributed by atoms with Gasteiger partial charge in [-0.05, 0) is 57.0 Å². The maximum Gasteiger partial charge on any atom is 0.416 e. The predicted octanol–water partition coefficient (Wildman–Crippen LogP) is 4.91. The van der Waals surface area contributed by atoms with Gasteiger partial charge in [-0.25, -0.2) is 0 Å². The Kier molecular flexibility index (Phi) is 5.17. The average molecular weight is 401 g/mol. The van der Waals surface area contributed by atoms with Gasteiger partial charge >= 0.3 is 6.18 Å². The third-order valence-electron chi connectivity index (χ3n) is 5.55. The molecule has 0 bridgehead atoms. The number of hydrogen-bond donors (Lipinski definition) is 1. The SMILES string of the molecule is CN1CCC[C@H](Cc2nnc(-c3ccc(C(F)(F)F)cc3O)c3ccccc23)C1.